The standard InChI is InChI=1S/C11H15NO/c13-11(10-6-7-12-10)8-9-4-2-1-3-5-9/h1-5,10-13H,6-8H2. The minimum Gasteiger partial charge on any atom is -0.391 e. The average molecular weight is 177 g/mol. The number of aliphatic hydroxyl groups excluding tert-OH is 1. The summed E-state index contributed by atoms with van der Waals surface area (Å²) in [5, 5.41) is 13.0. The Kier molecular flexibility index (Phi) is 2.62. The largest absolute Gasteiger partial charge is 0.391 e. The van der Waals surface area contributed by atoms with Crippen molar-refractivity contribution in [2.45, 2.75) is 25.0 Å². The van der Waals surface area contributed by atoms with Crippen molar-refractivity contribution in [3.63, 3.8) is 0 Å². The van der Waals surface area contributed by atoms with Crippen LogP contribution in [0, 0.1) is 0 Å². The van der Waals surface area contributed by atoms with E-state index >= 15 is 0 Å². The molecule has 1 aliphatic rings. The second-order valence-electron chi connectivity index (χ2n) is 3.61. The minimum atomic E-state index is -0.226. The highest BCUT2D eigenvalue weighted by molar-refractivity contribution is 5.16. The summed E-state index contributed by atoms with van der Waals surface area (Å²) in [5.74, 6) is 0. The van der Waals surface area contributed by atoms with Crippen molar-refractivity contribution in [3.8, 4) is 0 Å². The zero-order valence-corrected chi connectivity index (χ0v) is 7.61. The van der Waals surface area contributed by atoms with Crippen LogP contribution in [-0.2, 0) is 6.42 Å². The van der Waals surface area contributed by atoms with E-state index in [4.69, 9.17) is 0 Å². The summed E-state index contributed by atoms with van der Waals surface area (Å²) in [4.78, 5) is 0. The fourth-order valence-electron chi connectivity index (χ4n) is 1.64. The fourth-order valence-corrected chi connectivity index (χ4v) is 1.64. The van der Waals surface area contributed by atoms with Crippen LogP contribution in [0.25, 0.3) is 0 Å². The predicted octanol–water partition coefficient (Wildman–Crippen LogP) is 0.952. The van der Waals surface area contributed by atoms with Gasteiger partial charge >= 0.3 is 0 Å². The summed E-state index contributed by atoms with van der Waals surface area (Å²) in [5.41, 5.74) is 1.21. The molecule has 1 saturated heterocycles. The van der Waals surface area contributed by atoms with Gasteiger partial charge in [-0.3, -0.25) is 0 Å². The number of hydrogen-bond donors (Lipinski definition) is 2. The second kappa shape index (κ2) is 3.90. The number of hydrogen-bond acceptors (Lipinski definition) is 2. The van der Waals surface area contributed by atoms with Gasteiger partial charge in [0.2, 0.25) is 0 Å². The summed E-state index contributed by atoms with van der Waals surface area (Å²) in [6.07, 6.45) is 1.64. The maximum absolute atomic E-state index is 9.76. The van der Waals surface area contributed by atoms with Crippen LogP contribution in [0.15, 0.2) is 30.3 Å². The van der Waals surface area contributed by atoms with Gasteiger partial charge in [-0.15, -0.1) is 0 Å². The van der Waals surface area contributed by atoms with Gasteiger partial charge in [0.15, 0.2) is 0 Å². The van der Waals surface area contributed by atoms with Crippen LogP contribution in [0.1, 0.15) is 12.0 Å². The molecule has 1 aliphatic heterocycles. The van der Waals surface area contributed by atoms with Gasteiger partial charge in [-0.1, -0.05) is 30.3 Å². The first-order valence-electron chi connectivity index (χ1n) is 4.81. The van der Waals surface area contributed by atoms with Crippen molar-refractivity contribution in [1.82, 2.24) is 5.32 Å². The van der Waals surface area contributed by atoms with E-state index in [9.17, 15) is 5.11 Å². The Hall–Kier alpha value is -0.860. The molecule has 0 spiro atoms. The van der Waals surface area contributed by atoms with Crippen molar-refractivity contribution in [2.24, 2.45) is 0 Å². The maximum Gasteiger partial charge on any atom is 0.0733 e. The summed E-state index contributed by atoms with van der Waals surface area (Å²) in [6.45, 7) is 1.05. The maximum atomic E-state index is 9.76. The highest BCUT2D eigenvalue weighted by Gasteiger charge is 2.24. The van der Waals surface area contributed by atoms with Gasteiger partial charge in [0.1, 0.15) is 0 Å². The first-order valence-corrected chi connectivity index (χ1v) is 4.81. The summed E-state index contributed by atoms with van der Waals surface area (Å²) < 4.78 is 0. The van der Waals surface area contributed by atoms with E-state index in [0.717, 1.165) is 19.4 Å². The van der Waals surface area contributed by atoms with Gasteiger partial charge < -0.3 is 10.4 Å². The Bertz CT molecular complexity index is 256. The lowest BCUT2D eigenvalue weighted by Gasteiger charge is -2.32. The van der Waals surface area contributed by atoms with Crippen molar-refractivity contribution in [2.75, 3.05) is 6.54 Å². The molecule has 1 fully saturated rings. The van der Waals surface area contributed by atoms with Crippen molar-refractivity contribution < 1.29 is 5.11 Å². The molecule has 0 bridgehead atoms. The molecular formula is C11H15NO. The first kappa shape index (κ1) is 8.73. The van der Waals surface area contributed by atoms with Crippen LogP contribution < -0.4 is 5.32 Å². The number of benzene rings is 1. The van der Waals surface area contributed by atoms with E-state index in [1.165, 1.54) is 5.56 Å². The van der Waals surface area contributed by atoms with E-state index in [2.05, 4.69) is 17.4 Å². The van der Waals surface area contributed by atoms with Gasteiger partial charge in [0.25, 0.3) is 0 Å². The molecule has 2 nitrogen and oxygen atoms in total. The third kappa shape index (κ3) is 2.08. The van der Waals surface area contributed by atoms with E-state index in [1.54, 1.807) is 0 Å². The highest BCUT2D eigenvalue weighted by Crippen LogP contribution is 2.12. The lowest BCUT2D eigenvalue weighted by molar-refractivity contribution is 0.0956. The fraction of sp³-hybridized carbons (Fsp3) is 0.455. The van der Waals surface area contributed by atoms with Crippen LogP contribution in [0.2, 0.25) is 0 Å². The molecule has 70 valence electrons. The lowest BCUT2D eigenvalue weighted by atomic mass is 9.95. The zero-order chi connectivity index (χ0) is 9.10. The normalized spacial score (nSPS) is 23.6. The Labute approximate surface area is 78.6 Å². The molecule has 2 rings (SSSR count). The van der Waals surface area contributed by atoms with Crippen LogP contribution >= 0.6 is 0 Å². The number of nitrogens with one attached hydrogen (secondary N) is 1. The molecule has 2 N–H and O–H groups in total. The van der Waals surface area contributed by atoms with Crippen molar-refractivity contribution in [3.05, 3.63) is 35.9 Å². The van der Waals surface area contributed by atoms with E-state index in [-0.39, 0.29) is 6.10 Å². The molecule has 0 aliphatic carbocycles. The molecule has 0 aromatic heterocycles. The van der Waals surface area contributed by atoms with Crippen molar-refractivity contribution >= 4 is 0 Å². The lowest BCUT2D eigenvalue weighted by Crippen LogP contribution is -2.51. The SMILES string of the molecule is OC(Cc1ccccc1)C1CCN1. The molecule has 2 heteroatoms. The molecule has 2 unspecified atom stereocenters. The highest BCUT2D eigenvalue weighted by atomic mass is 16.3. The van der Waals surface area contributed by atoms with Crippen LogP contribution in [0.4, 0.5) is 0 Å². The monoisotopic (exact) mass is 177 g/mol. The van der Waals surface area contributed by atoms with Gasteiger partial charge in [0, 0.05) is 6.04 Å². The Balaban J connectivity index is 1.90. The van der Waals surface area contributed by atoms with Gasteiger partial charge in [-0.05, 0) is 24.9 Å². The van der Waals surface area contributed by atoms with Gasteiger partial charge in [0.05, 0.1) is 6.10 Å². The summed E-state index contributed by atoms with van der Waals surface area (Å²) in [7, 11) is 0. The van der Waals surface area contributed by atoms with Crippen LogP contribution in [0.5, 0.6) is 0 Å². The van der Waals surface area contributed by atoms with Crippen molar-refractivity contribution in [1.29, 1.82) is 0 Å². The van der Waals surface area contributed by atoms with E-state index < -0.39 is 0 Å². The van der Waals surface area contributed by atoms with Gasteiger partial charge in [-0.2, -0.15) is 0 Å². The Morgan fingerprint density at radius 2 is 2.08 bits per heavy atom. The third-order valence-corrected chi connectivity index (χ3v) is 2.61. The molecule has 0 radical (unpaired) electrons. The molecule has 13 heavy (non-hydrogen) atoms. The second-order valence-corrected chi connectivity index (χ2v) is 3.61. The van der Waals surface area contributed by atoms with E-state index in [1.807, 2.05) is 18.2 Å². The molecule has 1 aromatic carbocycles. The molecule has 0 saturated carbocycles. The minimum absolute atomic E-state index is 0.226. The summed E-state index contributed by atoms with van der Waals surface area (Å²) in [6, 6.07) is 10.5. The molecule has 1 aromatic rings. The number of aliphatic hydroxyl groups is 1. The smallest absolute Gasteiger partial charge is 0.0733 e. The quantitative estimate of drug-likeness (QED) is 0.720. The Morgan fingerprint density at radius 1 is 1.38 bits per heavy atom. The Morgan fingerprint density at radius 3 is 2.62 bits per heavy atom. The zero-order valence-electron chi connectivity index (χ0n) is 7.61. The topological polar surface area (TPSA) is 32.3 Å². The molecular weight excluding hydrogens is 162 g/mol. The summed E-state index contributed by atoms with van der Waals surface area (Å²) >= 11 is 0. The molecule has 1 heterocycles. The first-order chi connectivity index (χ1) is 6.36. The van der Waals surface area contributed by atoms with Crippen LogP contribution in [0.3, 0.4) is 0 Å². The third-order valence-electron chi connectivity index (χ3n) is 2.61. The van der Waals surface area contributed by atoms with Crippen LogP contribution in [-0.4, -0.2) is 23.8 Å². The van der Waals surface area contributed by atoms with E-state index in [0.29, 0.717) is 6.04 Å². The number of rotatable bonds is 3. The predicted molar refractivity (Wildman–Crippen MR) is 52.6 cm³/mol. The van der Waals surface area contributed by atoms with Gasteiger partial charge in [-0.25, -0.2) is 0 Å². The average Bonchev–Trinajstić information content (AvgIpc) is 2.02. The molecule has 2 atom stereocenters. The molecule has 0 amide bonds.